The highest BCUT2D eigenvalue weighted by Crippen LogP contribution is 2.31. The molecule has 0 unspecified atom stereocenters. The highest BCUT2D eigenvalue weighted by molar-refractivity contribution is 7.89. The average Bonchev–Trinajstić information content (AvgIpc) is 2.77. The molecular weight excluding hydrogens is 250 g/mol. The first kappa shape index (κ1) is 13.5. The molecule has 1 fully saturated rings. The number of nitrogens with one attached hydrogen (secondary N) is 1. The third-order valence-corrected chi connectivity index (χ3v) is 5.44. The Balaban J connectivity index is 2.17. The molecule has 1 saturated heterocycles. The molecule has 1 aromatic heterocycles. The van der Waals surface area contributed by atoms with Gasteiger partial charge in [0.1, 0.15) is 5.82 Å². The summed E-state index contributed by atoms with van der Waals surface area (Å²) in [6.07, 6.45) is 3.94. The molecule has 1 aliphatic rings. The molecule has 1 aromatic rings. The summed E-state index contributed by atoms with van der Waals surface area (Å²) < 4.78 is 26.3. The van der Waals surface area contributed by atoms with E-state index < -0.39 is 10.0 Å². The molecule has 0 saturated carbocycles. The fraction of sp³-hybridized carbons (Fsp3) is 0.750. The van der Waals surface area contributed by atoms with Crippen LogP contribution in [-0.2, 0) is 16.4 Å². The second-order valence-corrected chi connectivity index (χ2v) is 7.52. The van der Waals surface area contributed by atoms with Crippen molar-refractivity contribution in [1.29, 1.82) is 0 Å². The van der Waals surface area contributed by atoms with E-state index in [0.717, 1.165) is 12.8 Å². The van der Waals surface area contributed by atoms with Crippen molar-refractivity contribution in [2.24, 2.45) is 5.41 Å². The zero-order valence-electron chi connectivity index (χ0n) is 11.2. The number of nitrogens with zero attached hydrogens (tertiary/aromatic N) is 2. The molecule has 5 nitrogen and oxygen atoms in total. The maximum atomic E-state index is 12.4. The van der Waals surface area contributed by atoms with Crippen LogP contribution in [0.2, 0.25) is 0 Å². The van der Waals surface area contributed by atoms with Crippen molar-refractivity contribution in [2.75, 3.05) is 13.1 Å². The van der Waals surface area contributed by atoms with Crippen molar-refractivity contribution in [2.45, 2.75) is 45.1 Å². The van der Waals surface area contributed by atoms with Crippen LogP contribution in [-0.4, -0.2) is 35.8 Å². The predicted molar refractivity (Wildman–Crippen MR) is 69.7 cm³/mol. The number of aryl methyl sites for hydroxylation is 1. The Bertz CT molecular complexity index is 509. The van der Waals surface area contributed by atoms with Crippen molar-refractivity contribution < 1.29 is 8.42 Å². The van der Waals surface area contributed by atoms with Gasteiger partial charge >= 0.3 is 0 Å². The van der Waals surface area contributed by atoms with Crippen molar-refractivity contribution in [3.05, 3.63) is 12.0 Å². The van der Waals surface area contributed by atoms with Crippen LogP contribution < -0.4 is 0 Å². The van der Waals surface area contributed by atoms with Gasteiger partial charge in [0.15, 0.2) is 5.03 Å². The van der Waals surface area contributed by atoms with E-state index in [-0.39, 0.29) is 10.4 Å². The fourth-order valence-electron chi connectivity index (χ4n) is 2.13. The number of hydrogen-bond acceptors (Lipinski definition) is 3. The van der Waals surface area contributed by atoms with Gasteiger partial charge < -0.3 is 4.98 Å². The Morgan fingerprint density at radius 3 is 2.50 bits per heavy atom. The summed E-state index contributed by atoms with van der Waals surface area (Å²) in [5, 5.41) is 0.221. The topological polar surface area (TPSA) is 66.1 Å². The van der Waals surface area contributed by atoms with Gasteiger partial charge in [-0.2, -0.15) is 4.31 Å². The van der Waals surface area contributed by atoms with Gasteiger partial charge in [0, 0.05) is 19.5 Å². The van der Waals surface area contributed by atoms with Crippen LogP contribution in [0.5, 0.6) is 0 Å². The number of sulfonamides is 1. The molecule has 1 N–H and O–H groups in total. The molecule has 1 aliphatic heterocycles. The van der Waals surface area contributed by atoms with Crippen LogP contribution in [0.15, 0.2) is 11.2 Å². The zero-order chi connectivity index (χ0) is 13.4. The lowest BCUT2D eigenvalue weighted by Gasteiger charge is -2.35. The minimum absolute atomic E-state index is 0.221. The van der Waals surface area contributed by atoms with Gasteiger partial charge in [0.25, 0.3) is 10.0 Å². The standard InChI is InChI=1S/C12H21N3O2S/c1-4-10-13-9-11(14-10)18(16,17)15-7-5-12(2,3)6-8-15/h9H,4-8H2,1-3H3,(H,13,14). The summed E-state index contributed by atoms with van der Waals surface area (Å²) in [6, 6.07) is 0. The Morgan fingerprint density at radius 1 is 1.39 bits per heavy atom. The lowest BCUT2D eigenvalue weighted by molar-refractivity contribution is 0.195. The third-order valence-electron chi connectivity index (χ3n) is 3.63. The lowest BCUT2D eigenvalue weighted by Crippen LogP contribution is -2.41. The quantitative estimate of drug-likeness (QED) is 0.911. The average molecular weight is 271 g/mol. The lowest BCUT2D eigenvalue weighted by atomic mass is 9.83. The van der Waals surface area contributed by atoms with Gasteiger partial charge in [-0.3, -0.25) is 0 Å². The molecule has 0 spiro atoms. The summed E-state index contributed by atoms with van der Waals surface area (Å²) in [4.78, 5) is 6.94. The molecule has 0 aromatic carbocycles. The Morgan fingerprint density at radius 2 is 2.00 bits per heavy atom. The highest BCUT2D eigenvalue weighted by atomic mass is 32.2. The van der Waals surface area contributed by atoms with Crippen LogP contribution in [0.1, 0.15) is 39.4 Å². The van der Waals surface area contributed by atoms with Crippen molar-refractivity contribution in [3.63, 3.8) is 0 Å². The van der Waals surface area contributed by atoms with E-state index in [1.54, 1.807) is 4.31 Å². The smallest absolute Gasteiger partial charge is 0.260 e. The molecule has 0 radical (unpaired) electrons. The van der Waals surface area contributed by atoms with Crippen molar-refractivity contribution in [1.82, 2.24) is 14.3 Å². The zero-order valence-corrected chi connectivity index (χ0v) is 12.0. The van der Waals surface area contributed by atoms with E-state index in [9.17, 15) is 8.42 Å². The Hall–Kier alpha value is -0.880. The molecule has 0 atom stereocenters. The monoisotopic (exact) mass is 271 g/mol. The largest absolute Gasteiger partial charge is 0.332 e. The molecule has 18 heavy (non-hydrogen) atoms. The van der Waals surface area contributed by atoms with Gasteiger partial charge in [0.05, 0.1) is 6.20 Å². The molecular formula is C12H21N3O2S. The highest BCUT2D eigenvalue weighted by Gasteiger charge is 2.33. The Kier molecular flexibility index (Phi) is 3.51. The van der Waals surface area contributed by atoms with E-state index in [4.69, 9.17) is 0 Å². The summed E-state index contributed by atoms with van der Waals surface area (Å²) in [7, 11) is -3.39. The Labute approximate surface area is 109 Å². The van der Waals surface area contributed by atoms with E-state index >= 15 is 0 Å². The minimum Gasteiger partial charge on any atom is -0.332 e. The maximum absolute atomic E-state index is 12.4. The first-order valence-electron chi connectivity index (χ1n) is 6.39. The first-order chi connectivity index (χ1) is 8.35. The summed E-state index contributed by atoms with van der Waals surface area (Å²) >= 11 is 0. The van der Waals surface area contributed by atoms with Crippen LogP contribution in [0.25, 0.3) is 0 Å². The van der Waals surface area contributed by atoms with Gasteiger partial charge in [-0.1, -0.05) is 20.8 Å². The van der Waals surface area contributed by atoms with Gasteiger partial charge in [-0.25, -0.2) is 13.4 Å². The molecule has 2 rings (SSSR count). The number of aromatic amines is 1. The van der Waals surface area contributed by atoms with E-state index in [0.29, 0.717) is 25.3 Å². The molecule has 0 aliphatic carbocycles. The molecule has 6 heteroatoms. The maximum Gasteiger partial charge on any atom is 0.260 e. The van der Waals surface area contributed by atoms with E-state index in [1.807, 2.05) is 6.92 Å². The van der Waals surface area contributed by atoms with Crippen LogP contribution >= 0.6 is 0 Å². The number of aromatic nitrogens is 2. The molecule has 2 heterocycles. The fourth-order valence-corrected chi connectivity index (χ4v) is 3.50. The summed E-state index contributed by atoms with van der Waals surface area (Å²) in [5.41, 5.74) is 0.245. The molecule has 0 amide bonds. The van der Waals surface area contributed by atoms with Gasteiger partial charge in [-0.05, 0) is 18.3 Å². The SMILES string of the molecule is CCc1ncc(S(=O)(=O)N2CCC(C)(C)CC2)[nH]1. The van der Waals surface area contributed by atoms with Crippen molar-refractivity contribution in [3.8, 4) is 0 Å². The van der Waals surface area contributed by atoms with Crippen LogP contribution in [0, 0.1) is 5.41 Å². The molecule has 102 valence electrons. The van der Waals surface area contributed by atoms with E-state index in [2.05, 4.69) is 23.8 Å². The van der Waals surface area contributed by atoms with Gasteiger partial charge in [-0.15, -0.1) is 0 Å². The molecule has 0 bridgehead atoms. The third kappa shape index (κ3) is 2.59. The summed E-state index contributed by atoms with van der Waals surface area (Å²) in [6.45, 7) is 7.49. The number of imidazole rings is 1. The number of rotatable bonds is 3. The first-order valence-corrected chi connectivity index (χ1v) is 7.83. The number of H-pyrrole nitrogens is 1. The predicted octanol–water partition coefficient (Wildman–Crippen LogP) is 1.78. The van der Waals surface area contributed by atoms with Crippen LogP contribution in [0.4, 0.5) is 0 Å². The summed E-state index contributed by atoms with van der Waals surface area (Å²) in [5.74, 6) is 0.714. The second kappa shape index (κ2) is 4.66. The number of piperidine rings is 1. The second-order valence-electron chi connectivity index (χ2n) is 5.62. The van der Waals surface area contributed by atoms with Crippen LogP contribution in [0.3, 0.4) is 0 Å². The van der Waals surface area contributed by atoms with Gasteiger partial charge in [0.2, 0.25) is 0 Å². The van der Waals surface area contributed by atoms with E-state index in [1.165, 1.54) is 6.20 Å². The normalized spacial score (nSPS) is 21.1. The minimum atomic E-state index is -3.39. The number of hydrogen-bond donors (Lipinski definition) is 1. The van der Waals surface area contributed by atoms with Crippen molar-refractivity contribution >= 4 is 10.0 Å².